The second kappa shape index (κ2) is 13.8. The molecule has 1 heterocycles. The molecule has 0 radical (unpaired) electrons. The molecule has 0 aliphatic carbocycles. The average molecular weight is 500 g/mol. The lowest BCUT2D eigenvalue weighted by Gasteiger charge is -2.21. The van der Waals surface area contributed by atoms with Crippen molar-refractivity contribution in [1.82, 2.24) is 25.5 Å². The number of benzene rings is 1. The van der Waals surface area contributed by atoms with Gasteiger partial charge in [0.15, 0.2) is 5.96 Å². The van der Waals surface area contributed by atoms with E-state index in [-0.39, 0.29) is 24.0 Å². The van der Waals surface area contributed by atoms with Gasteiger partial charge in [0.2, 0.25) is 0 Å². The van der Waals surface area contributed by atoms with E-state index in [0.717, 1.165) is 55.3 Å². The molecule has 1 aromatic carbocycles. The van der Waals surface area contributed by atoms with E-state index in [1.54, 1.807) is 0 Å². The summed E-state index contributed by atoms with van der Waals surface area (Å²) in [5.41, 5.74) is 2.10. The number of imidazole rings is 1. The van der Waals surface area contributed by atoms with Crippen LogP contribution in [0.3, 0.4) is 0 Å². The highest BCUT2D eigenvalue weighted by Crippen LogP contribution is 2.10. The maximum atomic E-state index is 4.72. The van der Waals surface area contributed by atoms with Crippen LogP contribution in [0.2, 0.25) is 0 Å². The number of nitrogens with one attached hydrogen (secondary N) is 3. The van der Waals surface area contributed by atoms with Crippen LogP contribution in [0, 0.1) is 0 Å². The maximum Gasteiger partial charge on any atom is 0.191 e. The van der Waals surface area contributed by atoms with Gasteiger partial charge in [-0.3, -0.25) is 4.99 Å². The van der Waals surface area contributed by atoms with Crippen molar-refractivity contribution in [3.05, 3.63) is 30.1 Å². The normalized spacial score (nSPS) is 12.8. The minimum atomic E-state index is 0. The van der Waals surface area contributed by atoms with Crippen molar-refractivity contribution < 1.29 is 0 Å². The highest BCUT2D eigenvalue weighted by Gasteiger charge is 2.07. The summed E-state index contributed by atoms with van der Waals surface area (Å²) in [6.07, 6.45) is 3.15. The van der Waals surface area contributed by atoms with Crippen molar-refractivity contribution >= 4 is 41.0 Å². The Kier molecular flexibility index (Phi) is 12.1. The van der Waals surface area contributed by atoms with E-state index in [4.69, 9.17) is 4.99 Å². The van der Waals surface area contributed by atoms with Crippen LogP contribution >= 0.6 is 24.0 Å². The van der Waals surface area contributed by atoms with Crippen molar-refractivity contribution in [3.63, 3.8) is 0 Å². The predicted molar refractivity (Wildman–Crippen MR) is 131 cm³/mol. The van der Waals surface area contributed by atoms with Crippen LogP contribution in [-0.2, 0) is 6.42 Å². The van der Waals surface area contributed by atoms with E-state index < -0.39 is 0 Å². The number of para-hydroxylation sites is 2. The van der Waals surface area contributed by atoms with Gasteiger partial charge >= 0.3 is 0 Å². The zero-order valence-electron chi connectivity index (χ0n) is 17.8. The molecule has 158 valence electrons. The van der Waals surface area contributed by atoms with Gasteiger partial charge in [0.1, 0.15) is 5.82 Å². The molecule has 0 spiro atoms. The number of aliphatic imine (C=N–C) groups is 1. The van der Waals surface area contributed by atoms with Crippen LogP contribution in [0.25, 0.3) is 11.0 Å². The average Bonchev–Trinajstić information content (AvgIpc) is 3.08. The molecular weight excluding hydrogens is 463 g/mol. The fourth-order valence-electron chi connectivity index (χ4n) is 3.18. The topological polar surface area (TPSA) is 68.3 Å². The predicted octanol–water partition coefficient (Wildman–Crippen LogP) is 3.79. The van der Waals surface area contributed by atoms with Crippen LogP contribution < -0.4 is 10.6 Å². The zero-order valence-corrected chi connectivity index (χ0v) is 20.1. The fraction of sp³-hybridized carbons (Fsp3) is 0.619. The van der Waals surface area contributed by atoms with Gasteiger partial charge in [0.25, 0.3) is 0 Å². The van der Waals surface area contributed by atoms with Gasteiger partial charge in [-0.25, -0.2) is 4.98 Å². The molecule has 0 aliphatic heterocycles. The summed E-state index contributed by atoms with van der Waals surface area (Å²) >= 11 is 0. The number of aromatic nitrogens is 2. The Morgan fingerprint density at radius 2 is 1.96 bits per heavy atom. The first-order valence-corrected chi connectivity index (χ1v) is 10.4. The van der Waals surface area contributed by atoms with Crippen molar-refractivity contribution in [3.8, 4) is 0 Å². The number of nitrogens with zero attached hydrogens (tertiary/aromatic N) is 3. The van der Waals surface area contributed by atoms with Crippen LogP contribution in [0.4, 0.5) is 0 Å². The summed E-state index contributed by atoms with van der Waals surface area (Å²) in [4.78, 5) is 15.2. The Morgan fingerprint density at radius 1 is 1.21 bits per heavy atom. The van der Waals surface area contributed by atoms with E-state index in [0.29, 0.717) is 12.6 Å². The number of halogens is 1. The lowest BCUT2D eigenvalue weighted by Crippen LogP contribution is -2.42. The molecular formula is C21H37IN6. The van der Waals surface area contributed by atoms with E-state index in [9.17, 15) is 0 Å². The van der Waals surface area contributed by atoms with E-state index in [2.05, 4.69) is 59.3 Å². The molecule has 0 saturated carbocycles. The van der Waals surface area contributed by atoms with Gasteiger partial charge in [-0.1, -0.05) is 26.0 Å². The summed E-state index contributed by atoms with van der Waals surface area (Å²) < 4.78 is 0. The Labute approximate surface area is 187 Å². The van der Waals surface area contributed by atoms with Crippen molar-refractivity contribution in [2.45, 2.75) is 53.0 Å². The molecule has 3 N–H and O–H groups in total. The van der Waals surface area contributed by atoms with Crippen molar-refractivity contribution in [2.24, 2.45) is 4.99 Å². The third kappa shape index (κ3) is 8.34. The van der Waals surface area contributed by atoms with Crippen LogP contribution in [0.5, 0.6) is 0 Å². The molecule has 2 rings (SSSR count). The summed E-state index contributed by atoms with van der Waals surface area (Å²) in [7, 11) is 0. The number of H-pyrrole nitrogens is 1. The smallest absolute Gasteiger partial charge is 0.191 e. The van der Waals surface area contributed by atoms with Crippen LogP contribution in [0.15, 0.2) is 29.3 Å². The highest BCUT2D eigenvalue weighted by molar-refractivity contribution is 14.0. The molecule has 0 amide bonds. The van der Waals surface area contributed by atoms with Gasteiger partial charge in [0, 0.05) is 25.6 Å². The number of hydrogen-bond acceptors (Lipinski definition) is 3. The monoisotopic (exact) mass is 500 g/mol. The van der Waals surface area contributed by atoms with Crippen LogP contribution in [-0.4, -0.2) is 59.6 Å². The quantitative estimate of drug-likeness (QED) is 0.250. The van der Waals surface area contributed by atoms with Gasteiger partial charge in [-0.05, 0) is 58.5 Å². The van der Waals surface area contributed by atoms with Crippen LogP contribution in [0.1, 0.15) is 46.4 Å². The number of hydrogen-bond donors (Lipinski definition) is 3. The Morgan fingerprint density at radius 3 is 2.64 bits per heavy atom. The summed E-state index contributed by atoms with van der Waals surface area (Å²) in [6, 6.07) is 8.53. The molecule has 1 atom stereocenters. The number of fused-ring (bicyclic) bond motifs is 1. The minimum absolute atomic E-state index is 0. The minimum Gasteiger partial charge on any atom is -0.357 e. The zero-order chi connectivity index (χ0) is 19.5. The second-order valence-corrected chi connectivity index (χ2v) is 6.93. The van der Waals surface area contributed by atoms with E-state index >= 15 is 0 Å². The molecule has 1 aromatic heterocycles. The van der Waals surface area contributed by atoms with Crippen molar-refractivity contribution in [1.29, 1.82) is 0 Å². The fourth-order valence-corrected chi connectivity index (χ4v) is 3.18. The Bertz CT molecular complexity index is 662. The lowest BCUT2D eigenvalue weighted by molar-refractivity contribution is 0.292. The first-order chi connectivity index (χ1) is 13.2. The third-order valence-electron chi connectivity index (χ3n) is 4.79. The molecule has 2 aromatic rings. The second-order valence-electron chi connectivity index (χ2n) is 6.93. The SMILES string of the molecule is CCNC(=NCCc1nc2ccccc2[nH]1)NC(C)CCCN(CC)CC.I. The van der Waals surface area contributed by atoms with Crippen molar-refractivity contribution in [2.75, 3.05) is 32.7 Å². The Hall–Kier alpha value is -1.35. The molecule has 28 heavy (non-hydrogen) atoms. The van der Waals surface area contributed by atoms with Gasteiger partial charge in [-0.15, -0.1) is 24.0 Å². The van der Waals surface area contributed by atoms with E-state index in [1.807, 2.05) is 18.2 Å². The third-order valence-corrected chi connectivity index (χ3v) is 4.79. The molecule has 1 unspecified atom stereocenters. The lowest BCUT2D eigenvalue weighted by atomic mass is 10.2. The molecule has 6 nitrogen and oxygen atoms in total. The number of rotatable bonds is 11. The summed E-state index contributed by atoms with van der Waals surface area (Å²) in [5, 5.41) is 6.88. The van der Waals surface area contributed by atoms with Gasteiger partial charge < -0.3 is 20.5 Å². The van der Waals surface area contributed by atoms with Gasteiger partial charge in [0.05, 0.1) is 11.0 Å². The van der Waals surface area contributed by atoms with E-state index in [1.165, 1.54) is 13.0 Å². The standard InChI is InChI=1S/C21H36N6.HI/c1-5-22-21(24-17(4)11-10-16-27(6-2)7-3)23-15-14-20-25-18-12-8-9-13-19(18)26-20;/h8-9,12-13,17H,5-7,10-11,14-16H2,1-4H3,(H,25,26)(H2,22,23,24);1H. The molecule has 0 fully saturated rings. The first-order valence-electron chi connectivity index (χ1n) is 10.4. The molecule has 0 aliphatic rings. The molecule has 7 heteroatoms. The van der Waals surface area contributed by atoms with Gasteiger partial charge in [-0.2, -0.15) is 0 Å². The largest absolute Gasteiger partial charge is 0.357 e. The number of guanidine groups is 1. The summed E-state index contributed by atoms with van der Waals surface area (Å²) in [5.74, 6) is 1.88. The Balaban J connectivity index is 0.00000392. The highest BCUT2D eigenvalue weighted by atomic mass is 127. The maximum absolute atomic E-state index is 4.72. The summed E-state index contributed by atoms with van der Waals surface area (Å²) in [6.45, 7) is 13.8. The number of aromatic amines is 1. The molecule has 0 bridgehead atoms. The molecule has 0 saturated heterocycles. The first kappa shape index (κ1) is 24.7.